The Morgan fingerprint density at radius 1 is 0.456 bits per heavy atom. The summed E-state index contributed by atoms with van der Waals surface area (Å²) in [6, 6.07) is -5.12. The summed E-state index contributed by atoms with van der Waals surface area (Å²) >= 11 is 0. The number of likely N-dealkylation sites (N-methyl/N-ethyl adjacent to an activating group) is 1. The Balaban J connectivity index is 2.14. The molecule has 0 saturated carbocycles. The Hall–Kier alpha value is -12.4. The molecule has 114 heavy (non-hydrogen) atoms. The lowest BCUT2D eigenvalue weighted by molar-refractivity contribution is -0.147. The van der Waals surface area contributed by atoms with Crippen LogP contribution in [0.25, 0.3) is 10.9 Å². The van der Waals surface area contributed by atoms with Gasteiger partial charge in [0, 0.05) is 127 Å². The molecule has 0 spiro atoms. The molecule has 48 heteroatoms. The molecule has 48 nitrogen and oxygen atoms in total. The van der Waals surface area contributed by atoms with Crippen molar-refractivity contribution >= 4 is 124 Å². The van der Waals surface area contributed by atoms with E-state index < -0.39 is 305 Å². The molecule has 3 aromatic rings. The number of nitrogens with two attached hydrogens (primary N) is 1. The molecule has 0 aliphatic rings. The van der Waals surface area contributed by atoms with Crippen molar-refractivity contribution in [2.45, 2.75) is 94.2 Å². The Bertz CT molecular complexity index is 3780. The zero-order chi connectivity index (χ0) is 85.3. The van der Waals surface area contributed by atoms with Crippen LogP contribution in [-0.2, 0) is 104 Å². The number of nitrogens with one attached hydrogen (secondary N) is 11. The predicted molar refractivity (Wildman–Crippen MR) is 388 cm³/mol. The van der Waals surface area contributed by atoms with Crippen LogP contribution in [0.4, 0.5) is 0 Å². The number of aromatic nitrogens is 3. The molecule has 2 heterocycles. The minimum Gasteiger partial charge on any atom is -0.480 e. The number of aliphatic carboxylic acids is 10. The molecule has 630 valence electrons. The summed E-state index contributed by atoms with van der Waals surface area (Å²) in [5.74, 6) is -25.7. The second-order valence-corrected chi connectivity index (χ2v) is 25.9. The highest BCUT2D eigenvalue weighted by molar-refractivity contribution is 5.97. The van der Waals surface area contributed by atoms with E-state index in [1.165, 1.54) is 19.6 Å². The van der Waals surface area contributed by atoms with Crippen LogP contribution in [0, 0.1) is 0 Å². The average Bonchev–Trinajstić information content (AvgIpc) is 1.62. The van der Waals surface area contributed by atoms with E-state index in [2.05, 4.69) is 62.8 Å². The second kappa shape index (κ2) is 49.8. The highest BCUT2D eigenvalue weighted by Crippen LogP contribution is 2.20. The van der Waals surface area contributed by atoms with Crippen molar-refractivity contribution in [2.75, 3.05) is 138 Å². The summed E-state index contributed by atoms with van der Waals surface area (Å²) in [7, 11) is 1.33. The van der Waals surface area contributed by atoms with Gasteiger partial charge >= 0.3 is 59.7 Å². The number of benzene rings is 1. The molecular formula is C66H97N19O29. The highest BCUT2D eigenvalue weighted by atomic mass is 16.4. The van der Waals surface area contributed by atoms with Crippen molar-refractivity contribution in [3.05, 3.63) is 54.2 Å². The number of H-pyrrole nitrogens is 2. The van der Waals surface area contributed by atoms with E-state index in [1.54, 1.807) is 37.4 Å². The van der Waals surface area contributed by atoms with Gasteiger partial charge in [-0.25, -0.2) is 4.98 Å². The molecule has 0 aliphatic heterocycles. The van der Waals surface area contributed by atoms with Gasteiger partial charge in [-0.1, -0.05) is 25.1 Å². The van der Waals surface area contributed by atoms with Gasteiger partial charge in [0.1, 0.15) is 36.3 Å². The quantitative estimate of drug-likeness (QED) is 0.0249. The lowest BCUT2D eigenvalue weighted by Crippen LogP contribution is -2.62. The van der Waals surface area contributed by atoms with Crippen LogP contribution in [0.5, 0.6) is 0 Å². The number of carboxylic acids is 10. The van der Waals surface area contributed by atoms with E-state index in [4.69, 9.17) is 5.73 Å². The molecule has 1 aromatic carbocycles. The van der Waals surface area contributed by atoms with Crippen LogP contribution in [0.1, 0.15) is 50.3 Å². The number of carbonyl (C=O) groups excluding carboxylic acids is 9. The van der Waals surface area contributed by atoms with Crippen LogP contribution < -0.4 is 53.6 Å². The normalized spacial score (nSPS) is 13.2. The molecule has 3 rings (SSSR count). The minimum absolute atomic E-state index is 0.0760. The minimum atomic E-state index is -2.19. The van der Waals surface area contributed by atoms with Crippen LogP contribution >= 0.6 is 0 Å². The van der Waals surface area contributed by atoms with Crippen molar-refractivity contribution in [1.82, 2.24) is 92.2 Å². The largest absolute Gasteiger partial charge is 0.480 e. The zero-order valence-corrected chi connectivity index (χ0v) is 62.1. The van der Waals surface area contributed by atoms with Gasteiger partial charge in [0.05, 0.1) is 78.3 Å². The number of aromatic amines is 2. The molecule has 9 amide bonds. The maximum absolute atomic E-state index is 15.0. The van der Waals surface area contributed by atoms with Gasteiger partial charge in [-0.3, -0.25) is 120 Å². The van der Waals surface area contributed by atoms with Gasteiger partial charge in [-0.15, -0.1) is 0 Å². The van der Waals surface area contributed by atoms with E-state index in [-0.39, 0.29) is 25.8 Å². The maximum atomic E-state index is 15.0. The smallest absolute Gasteiger partial charge is 0.317 e. The average molecular weight is 1620 g/mol. The monoisotopic (exact) mass is 1620 g/mol. The molecule has 0 radical (unpaired) electrons. The first kappa shape index (κ1) is 95.8. The summed E-state index contributed by atoms with van der Waals surface area (Å²) in [5.41, 5.74) is 7.09. The second-order valence-electron chi connectivity index (χ2n) is 25.9. The van der Waals surface area contributed by atoms with Crippen LogP contribution in [0.15, 0.2) is 43.0 Å². The molecule has 0 saturated heterocycles. The number of fused-ring (bicyclic) bond motifs is 1. The number of amides is 9. The van der Waals surface area contributed by atoms with Crippen molar-refractivity contribution in [1.29, 1.82) is 0 Å². The molecular weight excluding hydrogens is 1520 g/mol. The summed E-state index contributed by atoms with van der Waals surface area (Å²) < 4.78 is 0. The lowest BCUT2D eigenvalue weighted by Gasteiger charge is -2.35. The predicted octanol–water partition coefficient (Wildman–Crippen LogP) is -9.48. The summed E-state index contributed by atoms with van der Waals surface area (Å²) in [5, 5.41) is 121. The molecule has 23 N–H and O–H groups in total. The maximum Gasteiger partial charge on any atom is 0.317 e. The molecule has 7 atom stereocenters. The number of hydrogen-bond donors (Lipinski definition) is 22. The number of rotatable bonds is 61. The number of hydrogen-bond acceptors (Lipinski definition) is 27. The Labute approximate surface area is 648 Å². The van der Waals surface area contributed by atoms with Gasteiger partial charge in [-0.2, -0.15) is 0 Å². The Morgan fingerprint density at radius 2 is 0.904 bits per heavy atom. The van der Waals surface area contributed by atoms with Gasteiger partial charge in [-0.05, 0) is 30.9 Å². The lowest BCUT2D eigenvalue weighted by atomic mass is 10.0. The number of carbonyl (C=O) groups is 19. The number of carboxylic acid groups (broad SMARTS) is 10. The summed E-state index contributed by atoms with van der Waals surface area (Å²) in [4.78, 5) is 261. The standard InChI is InChI=1S/C66H97N19O29/c1-3-12-71-62(110)42(9-11-49(87)73-23-50(88)75-43(8-10-48(67)86)63(111)77-44(17-37-19-72-41-7-5-4-6-40(37)41)64(112)78-45(61(109)68-2)18-38-20-70-36-74-38)76-65(113)46(22-69-21-39(84(32-57(101)102)33-58(103)104)24-80(26-51(89)90)13-15-82(28-53(93)94)29-54(95)96)79-66(114)47(85(34-59(105)106)35-60(107)108)25-81(27-52(91)92)14-16-83(30-55(97)98)31-56(99)100/h4-7,19-20,36,39,42-47,69,72H,3,8-18,21-35H2,1-2H3,(H2,67,86)(H,68,109)(H,70,74)(H,71,110)(H,73,87)(H,75,88)(H,76,113)(H,77,111)(H,78,112)(H,79,114)(H,89,90)(H,91,92)(H,93,94)(H,95,96)(H,97,98)(H,99,100)(H,101,102)(H,103,104)(H,105,106)(H,107,108)/t39-,42-,43-,44?,45-,46?,47+/m0/s1. The van der Waals surface area contributed by atoms with Crippen LogP contribution in [-0.4, -0.2) is 389 Å². The van der Waals surface area contributed by atoms with Crippen LogP contribution in [0.3, 0.4) is 0 Å². The van der Waals surface area contributed by atoms with E-state index in [0.29, 0.717) is 27.1 Å². The number of imidazole rings is 1. The molecule has 0 aliphatic carbocycles. The molecule has 0 fully saturated rings. The van der Waals surface area contributed by atoms with Crippen molar-refractivity contribution in [3.63, 3.8) is 0 Å². The highest BCUT2D eigenvalue weighted by Gasteiger charge is 2.38. The summed E-state index contributed by atoms with van der Waals surface area (Å²) in [6.07, 6.45) is 1.89. The number of nitrogens with zero attached hydrogens (tertiary/aromatic N) is 7. The van der Waals surface area contributed by atoms with Gasteiger partial charge < -0.3 is 115 Å². The third kappa shape index (κ3) is 38.0. The van der Waals surface area contributed by atoms with E-state index in [0.717, 1.165) is 24.5 Å². The third-order valence-electron chi connectivity index (χ3n) is 16.7. The van der Waals surface area contributed by atoms with E-state index >= 15 is 9.59 Å². The fraction of sp³-hybridized carbons (Fsp3) is 0.545. The van der Waals surface area contributed by atoms with Gasteiger partial charge in [0.15, 0.2) is 0 Å². The first-order valence-electron chi connectivity index (χ1n) is 35.1. The zero-order valence-electron chi connectivity index (χ0n) is 62.1. The topological polar surface area (TPSA) is 725 Å². The van der Waals surface area contributed by atoms with Gasteiger partial charge in [0.25, 0.3) is 0 Å². The first-order valence-corrected chi connectivity index (χ1v) is 35.1. The Morgan fingerprint density at radius 3 is 1.40 bits per heavy atom. The van der Waals surface area contributed by atoms with Crippen molar-refractivity contribution < 1.29 is 142 Å². The first-order chi connectivity index (χ1) is 53.7. The third-order valence-corrected chi connectivity index (χ3v) is 16.7. The van der Waals surface area contributed by atoms with E-state index in [1.807, 2.05) is 0 Å². The van der Waals surface area contributed by atoms with Gasteiger partial charge in [0.2, 0.25) is 53.2 Å². The molecule has 2 aromatic heterocycles. The van der Waals surface area contributed by atoms with Crippen molar-refractivity contribution in [3.8, 4) is 0 Å². The Kier molecular flexibility index (Phi) is 41.8. The fourth-order valence-corrected chi connectivity index (χ4v) is 11.5. The molecule has 0 bridgehead atoms. The molecule has 2 unspecified atom stereocenters. The van der Waals surface area contributed by atoms with E-state index in [9.17, 15) is 133 Å². The summed E-state index contributed by atoms with van der Waals surface area (Å²) in [6.45, 7) is -15.5. The number of primary amides is 1. The number of para-hydroxylation sites is 1. The fourth-order valence-electron chi connectivity index (χ4n) is 11.5. The van der Waals surface area contributed by atoms with Crippen molar-refractivity contribution in [2.24, 2.45) is 5.73 Å². The van der Waals surface area contributed by atoms with Crippen LogP contribution in [0.2, 0.25) is 0 Å². The SMILES string of the molecule is CCCNC(=O)[C@H](CCC(=O)NCC(=O)N[C@@H](CCC(N)=O)C(=O)NC(Cc1c[nH]c2ccccc12)C(=O)N[C@@H](Cc1cnc[nH]1)C(=O)NC)NC(=O)C(CNC[C@@H](CN(CCN(CC(=O)O)CC(=O)O)CC(=O)O)N(CC(=O)O)CC(=O)O)NC(=O)[C@@H](CN(CCN(CC(=O)O)CC(=O)O)CC(=O)O)N(CC(=O)O)CC(=O)O.